The van der Waals surface area contributed by atoms with Gasteiger partial charge in [-0.05, 0) is 30.5 Å². The molecule has 0 bridgehead atoms. The second-order valence-corrected chi connectivity index (χ2v) is 4.97. The number of anilines is 1. The molecule has 110 valence electrons. The number of halogens is 2. The molecule has 0 spiro atoms. The molecule has 0 radical (unpaired) electrons. The monoisotopic (exact) mass is 306 g/mol. The summed E-state index contributed by atoms with van der Waals surface area (Å²) in [6.45, 7) is 0.507. The van der Waals surface area contributed by atoms with Gasteiger partial charge in [0.25, 0.3) is 0 Å². The fourth-order valence-electron chi connectivity index (χ4n) is 1.91. The van der Waals surface area contributed by atoms with E-state index < -0.39 is 11.8 Å². The van der Waals surface area contributed by atoms with Gasteiger partial charge in [-0.15, -0.1) is 0 Å². The van der Waals surface area contributed by atoms with Crippen molar-refractivity contribution >= 4 is 23.3 Å². The quantitative estimate of drug-likeness (QED) is 0.797. The molecule has 0 atom stereocenters. The zero-order chi connectivity index (χ0) is 15.1. The Morgan fingerprint density at radius 2 is 1.86 bits per heavy atom. The summed E-state index contributed by atoms with van der Waals surface area (Å²) in [6, 6.07) is 13.8. The van der Waals surface area contributed by atoms with E-state index in [1.165, 1.54) is 23.8 Å². The van der Waals surface area contributed by atoms with Gasteiger partial charge in [0.05, 0.1) is 10.7 Å². The van der Waals surface area contributed by atoms with Gasteiger partial charge in [-0.25, -0.2) is 9.18 Å². The lowest BCUT2D eigenvalue weighted by Gasteiger charge is -2.09. The third-order valence-corrected chi connectivity index (χ3v) is 3.29. The highest BCUT2D eigenvalue weighted by Crippen LogP contribution is 2.24. The highest BCUT2D eigenvalue weighted by atomic mass is 35.5. The van der Waals surface area contributed by atoms with Crippen LogP contribution < -0.4 is 10.6 Å². The van der Waals surface area contributed by atoms with Crippen LogP contribution in [0.15, 0.2) is 48.5 Å². The summed E-state index contributed by atoms with van der Waals surface area (Å²) in [7, 11) is 0. The van der Waals surface area contributed by atoms with Crippen LogP contribution in [0, 0.1) is 5.82 Å². The number of aryl methyl sites for hydroxylation is 1. The molecule has 0 heterocycles. The van der Waals surface area contributed by atoms with E-state index in [2.05, 4.69) is 10.6 Å². The third kappa shape index (κ3) is 4.76. The first-order valence-electron chi connectivity index (χ1n) is 6.69. The third-order valence-electron chi connectivity index (χ3n) is 2.97. The topological polar surface area (TPSA) is 41.1 Å². The number of carbonyl (C=O) groups is 1. The van der Waals surface area contributed by atoms with E-state index in [0.29, 0.717) is 6.54 Å². The van der Waals surface area contributed by atoms with Crippen LogP contribution in [-0.2, 0) is 6.42 Å². The molecule has 0 aliphatic heterocycles. The summed E-state index contributed by atoms with van der Waals surface area (Å²) in [5.41, 5.74) is 1.22. The molecule has 2 rings (SSSR count). The first-order chi connectivity index (χ1) is 10.2. The van der Waals surface area contributed by atoms with Gasteiger partial charge in [0.2, 0.25) is 0 Å². The highest BCUT2D eigenvalue weighted by Gasteiger charge is 2.09. The maximum atomic E-state index is 13.5. The number of benzene rings is 2. The Hall–Kier alpha value is -2.07. The number of hydrogen-bond acceptors (Lipinski definition) is 1. The molecule has 2 N–H and O–H groups in total. The molecule has 5 heteroatoms. The van der Waals surface area contributed by atoms with E-state index in [9.17, 15) is 9.18 Å². The summed E-state index contributed by atoms with van der Waals surface area (Å²) in [6.07, 6.45) is 1.68. The molecule has 0 saturated carbocycles. The van der Waals surface area contributed by atoms with Crippen molar-refractivity contribution in [2.24, 2.45) is 0 Å². The molecule has 21 heavy (non-hydrogen) atoms. The van der Waals surface area contributed by atoms with Crippen molar-refractivity contribution in [3.63, 3.8) is 0 Å². The Kier molecular flexibility index (Phi) is 5.58. The van der Waals surface area contributed by atoms with Crippen molar-refractivity contribution in [3.8, 4) is 0 Å². The van der Waals surface area contributed by atoms with E-state index in [-0.39, 0.29) is 10.7 Å². The molecule has 2 aromatic carbocycles. The van der Waals surface area contributed by atoms with E-state index in [1.54, 1.807) is 0 Å². The Labute approximate surface area is 128 Å². The first-order valence-corrected chi connectivity index (χ1v) is 7.07. The van der Waals surface area contributed by atoms with E-state index in [1.807, 2.05) is 30.3 Å². The molecule has 2 amide bonds. The fraction of sp³-hybridized carbons (Fsp3) is 0.188. The highest BCUT2D eigenvalue weighted by molar-refractivity contribution is 6.33. The van der Waals surface area contributed by atoms with Crippen LogP contribution in [0.5, 0.6) is 0 Å². The molecule has 0 aliphatic carbocycles. The van der Waals surface area contributed by atoms with Crippen molar-refractivity contribution in [2.75, 3.05) is 11.9 Å². The van der Waals surface area contributed by atoms with Crippen LogP contribution in [0.1, 0.15) is 12.0 Å². The van der Waals surface area contributed by atoms with Gasteiger partial charge in [-0.2, -0.15) is 0 Å². The lowest BCUT2D eigenvalue weighted by atomic mass is 10.1. The summed E-state index contributed by atoms with van der Waals surface area (Å²) in [5.74, 6) is -0.554. The molecule has 0 aliphatic rings. The van der Waals surface area contributed by atoms with Crippen LogP contribution in [0.4, 0.5) is 14.9 Å². The molecular weight excluding hydrogens is 291 g/mol. The number of amides is 2. The van der Waals surface area contributed by atoms with Crippen LogP contribution in [0.2, 0.25) is 5.02 Å². The van der Waals surface area contributed by atoms with Gasteiger partial charge < -0.3 is 10.6 Å². The lowest BCUT2D eigenvalue weighted by molar-refractivity contribution is 0.252. The van der Waals surface area contributed by atoms with Crippen molar-refractivity contribution in [2.45, 2.75) is 12.8 Å². The average Bonchev–Trinajstić information content (AvgIpc) is 2.49. The van der Waals surface area contributed by atoms with E-state index in [4.69, 9.17) is 11.6 Å². The van der Waals surface area contributed by atoms with Crippen LogP contribution in [0.25, 0.3) is 0 Å². The molecule has 0 saturated heterocycles. The van der Waals surface area contributed by atoms with Gasteiger partial charge in [-0.1, -0.05) is 48.0 Å². The standard InChI is InChI=1S/C16H16ClFN2O/c17-13-9-4-10-14(18)15(13)20-16(21)19-11-5-8-12-6-2-1-3-7-12/h1-4,6-7,9-10H,5,8,11H2,(H2,19,20,21). The summed E-state index contributed by atoms with van der Waals surface area (Å²) < 4.78 is 13.5. The lowest BCUT2D eigenvalue weighted by Crippen LogP contribution is -2.30. The normalized spacial score (nSPS) is 10.2. The van der Waals surface area contributed by atoms with Crippen LogP contribution in [-0.4, -0.2) is 12.6 Å². The zero-order valence-electron chi connectivity index (χ0n) is 11.4. The maximum Gasteiger partial charge on any atom is 0.319 e. The number of rotatable bonds is 5. The SMILES string of the molecule is O=C(NCCCc1ccccc1)Nc1c(F)cccc1Cl. The smallest absolute Gasteiger partial charge is 0.319 e. The van der Waals surface area contributed by atoms with Crippen molar-refractivity contribution < 1.29 is 9.18 Å². The van der Waals surface area contributed by atoms with Crippen molar-refractivity contribution in [3.05, 3.63) is 64.9 Å². The van der Waals surface area contributed by atoms with Gasteiger partial charge in [0, 0.05) is 6.54 Å². The Morgan fingerprint density at radius 1 is 1.10 bits per heavy atom. The number of para-hydroxylation sites is 1. The molecule has 0 fully saturated rings. The summed E-state index contributed by atoms with van der Waals surface area (Å²) in [4.78, 5) is 11.7. The van der Waals surface area contributed by atoms with Gasteiger partial charge >= 0.3 is 6.03 Å². The molecule has 3 nitrogen and oxygen atoms in total. The predicted molar refractivity (Wildman–Crippen MR) is 83.2 cm³/mol. The van der Waals surface area contributed by atoms with Crippen molar-refractivity contribution in [1.82, 2.24) is 5.32 Å². The predicted octanol–water partition coefficient (Wildman–Crippen LogP) is 4.23. The second kappa shape index (κ2) is 7.64. The minimum absolute atomic E-state index is 0.000254. The molecular formula is C16H16ClFN2O. The number of carbonyl (C=O) groups excluding carboxylic acids is 1. The first kappa shape index (κ1) is 15.3. The summed E-state index contributed by atoms with van der Waals surface area (Å²) >= 11 is 5.83. The molecule has 2 aromatic rings. The minimum Gasteiger partial charge on any atom is -0.338 e. The number of urea groups is 1. The fourth-order valence-corrected chi connectivity index (χ4v) is 2.12. The second-order valence-electron chi connectivity index (χ2n) is 4.57. The van der Waals surface area contributed by atoms with Crippen LogP contribution in [0.3, 0.4) is 0 Å². The number of nitrogens with one attached hydrogen (secondary N) is 2. The Balaban J connectivity index is 1.75. The Bertz CT molecular complexity index is 584. The maximum absolute atomic E-state index is 13.5. The van der Waals surface area contributed by atoms with Crippen LogP contribution >= 0.6 is 11.6 Å². The molecule has 0 aromatic heterocycles. The van der Waals surface area contributed by atoms with Crippen molar-refractivity contribution in [1.29, 1.82) is 0 Å². The van der Waals surface area contributed by atoms with Gasteiger partial charge in [0.15, 0.2) is 0 Å². The number of hydrogen-bond donors (Lipinski definition) is 2. The minimum atomic E-state index is -0.554. The summed E-state index contributed by atoms with van der Waals surface area (Å²) in [5, 5.41) is 5.28. The Morgan fingerprint density at radius 3 is 2.57 bits per heavy atom. The zero-order valence-corrected chi connectivity index (χ0v) is 12.2. The largest absolute Gasteiger partial charge is 0.338 e. The van der Waals surface area contributed by atoms with E-state index >= 15 is 0 Å². The van der Waals surface area contributed by atoms with E-state index in [0.717, 1.165) is 12.8 Å². The molecule has 0 unspecified atom stereocenters. The van der Waals surface area contributed by atoms with Gasteiger partial charge in [0.1, 0.15) is 5.82 Å². The average molecular weight is 307 g/mol. The van der Waals surface area contributed by atoms with Gasteiger partial charge in [-0.3, -0.25) is 0 Å².